The van der Waals surface area contributed by atoms with E-state index in [2.05, 4.69) is 34.4 Å². The largest absolute Gasteiger partial charge is 0.482 e. The smallest absolute Gasteiger partial charge is 0.265 e. The summed E-state index contributed by atoms with van der Waals surface area (Å²) in [6, 6.07) is 8.12. The minimum Gasteiger partial charge on any atom is -0.482 e. The highest BCUT2D eigenvalue weighted by Gasteiger charge is 2.25. The van der Waals surface area contributed by atoms with Gasteiger partial charge < -0.3 is 25.0 Å². The third-order valence-electron chi connectivity index (χ3n) is 5.65. The molecule has 2 aliphatic heterocycles. The highest BCUT2D eigenvalue weighted by molar-refractivity contribution is 5.97. The monoisotopic (exact) mass is 417 g/mol. The molecule has 2 N–H and O–H groups in total. The number of morpholine rings is 1. The number of para-hydroxylation sites is 2. The molecule has 0 spiro atoms. The van der Waals surface area contributed by atoms with Gasteiger partial charge in [-0.15, -0.1) is 0 Å². The summed E-state index contributed by atoms with van der Waals surface area (Å²) in [7, 11) is 1.79. The summed E-state index contributed by atoms with van der Waals surface area (Å²) in [6.45, 7) is 10.4. The molecule has 2 heterocycles. The van der Waals surface area contributed by atoms with Crippen molar-refractivity contribution < 1.29 is 14.3 Å². The van der Waals surface area contributed by atoms with Crippen LogP contribution in [0.15, 0.2) is 29.3 Å². The van der Waals surface area contributed by atoms with Crippen LogP contribution in [0.25, 0.3) is 0 Å². The predicted octanol–water partition coefficient (Wildman–Crippen LogP) is 1.32. The van der Waals surface area contributed by atoms with Crippen LogP contribution in [0, 0.1) is 5.92 Å². The van der Waals surface area contributed by atoms with E-state index in [1.807, 2.05) is 29.2 Å². The summed E-state index contributed by atoms with van der Waals surface area (Å²) in [5, 5.41) is 6.84. The van der Waals surface area contributed by atoms with Gasteiger partial charge in [0.25, 0.3) is 5.91 Å². The van der Waals surface area contributed by atoms with E-state index < -0.39 is 0 Å². The number of fused-ring (bicyclic) bond motifs is 1. The van der Waals surface area contributed by atoms with Crippen molar-refractivity contribution in [1.29, 1.82) is 0 Å². The van der Waals surface area contributed by atoms with Gasteiger partial charge in [0.05, 0.1) is 18.9 Å². The molecular weight excluding hydrogens is 382 g/mol. The Kier molecular flexibility index (Phi) is 8.33. The fourth-order valence-electron chi connectivity index (χ4n) is 3.96. The molecular formula is C22H35N5O3. The quantitative estimate of drug-likeness (QED) is 0.377. The molecule has 0 aromatic heterocycles. The third kappa shape index (κ3) is 5.86. The molecule has 0 saturated carbocycles. The number of benzene rings is 1. The lowest BCUT2D eigenvalue weighted by atomic mass is 10.0. The van der Waals surface area contributed by atoms with Gasteiger partial charge in [-0.3, -0.25) is 14.7 Å². The molecule has 8 heteroatoms. The van der Waals surface area contributed by atoms with Crippen molar-refractivity contribution in [2.24, 2.45) is 10.9 Å². The highest BCUT2D eigenvalue weighted by atomic mass is 16.5. The summed E-state index contributed by atoms with van der Waals surface area (Å²) in [5.41, 5.74) is 0.849. The maximum atomic E-state index is 12.3. The summed E-state index contributed by atoms with van der Waals surface area (Å²) < 4.78 is 11.0. The number of carbonyl (C=O) groups excluding carboxylic acids is 1. The molecule has 8 nitrogen and oxygen atoms in total. The molecule has 1 amide bonds. The van der Waals surface area contributed by atoms with Gasteiger partial charge in [-0.2, -0.15) is 0 Å². The maximum Gasteiger partial charge on any atom is 0.265 e. The van der Waals surface area contributed by atoms with Gasteiger partial charge in [0.15, 0.2) is 12.6 Å². The molecule has 3 rings (SSSR count). The summed E-state index contributed by atoms with van der Waals surface area (Å²) >= 11 is 0. The Bertz CT molecular complexity index is 718. The van der Waals surface area contributed by atoms with E-state index in [4.69, 9.17) is 9.47 Å². The van der Waals surface area contributed by atoms with Crippen LogP contribution < -0.4 is 20.3 Å². The summed E-state index contributed by atoms with van der Waals surface area (Å²) in [6.07, 6.45) is 0.817. The number of aliphatic imine (C=N–C) groups is 1. The number of anilines is 1. The molecule has 1 aromatic rings. The zero-order valence-electron chi connectivity index (χ0n) is 18.4. The fraction of sp³-hybridized carbons (Fsp3) is 0.636. The van der Waals surface area contributed by atoms with Crippen LogP contribution >= 0.6 is 0 Å². The van der Waals surface area contributed by atoms with Gasteiger partial charge >= 0.3 is 0 Å². The molecule has 0 bridgehead atoms. The molecule has 166 valence electrons. The van der Waals surface area contributed by atoms with E-state index in [9.17, 15) is 4.79 Å². The van der Waals surface area contributed by atoms with Crippen LogP contribution in [-0.2, 0) is 9.53 Å². The van der Waals surface area contributed by atoms with Crippen molar-refractivity contribution in [2.45, 2.75) is 26.3 Å². The molecule has 0 radical (unpaired) electrons. The van der Waals surface area contributed by atoms with Crippen LogP contribution in [0.2, 0.25) is 0 Å². The van der Waals surface area contributed by atoms with Crippen molar-refractivity contribution in [1.82, 2.24) is 15.5 Å². The van der Waals surface area contributed by atoms with Crippen molar-refractivity contribution in [3.63, 3.8) is 0 Å². The zero-order valence-corrected chi connectivity index (χ0v) is 18.4. The number of carbonyl (C=O) groups is 1. The Morgan fingerprint density at radius 3 is 2.70 bits per heavy atom. The molecule has 30 heavy (non-hydrogen) atoms. The van der Waals surface area contributed by atoms with Gasteiger partial charge in [0, 0.05) is 45.8 Å². The van der Waals surface area contributed by atoms with Crippen molar-refractivity contribution >= 4 is 17.6 Å². The number of guanidine groups is 1. The Morgan fingerprint density at radius 2 is 1.97 bits per heavy atom. The first-order chi connectivity index (χ1) is 14.6. The van der Waals surface area contributed by atoms with Crippen molar-refractivity contribution in [3.05, 3.63) is 24.3 Å². The normalized spacial score (nSPS) is 18.7. The standard InChI is InChI=1S/C22H35N5O3/c1-17(2)19(26-11-13-29-14-12-26)15-25-22(23-3)24-9-6-10-27-18-7-4-5-8-20(18)30-16-21(27)28/h4-5,7-8,17,19H,6,9-16H2,1-3H3,(H2,23,24,25). The summed E-state index contributed by atoms with van der Waals surface area (Å²) in [5.74, 6) is 2.11. The lowest BCUT2D eigenvalue weighted by Gasteiger charge is -2.37. The molecule has 2 aliphatic rings. The maximum absolute atomic E-state index is 12.3. The minimum absolute atomic E-state index is 0.00138. The lowest BCUT2D eigenvalue weighted by molar-refractivity contribution is -0.121. The summed E-state index contributed by atoms with van der Waals surface area (Å²) in [4.78, 5) is 20.9. The Hall–Kier alpha value is -2.32. The van der Waals surface area contributed by atoms with Crippen molar-refractivity contribution in [2.75, 3.05) is 64.5 Å². The number of amides is 1. The molecule has 1 unspecified atom stereocenters. The van der Waals surface area contributed by atoms with Crippen LogP contribution in [0.3, 0.4) is 0 Å². The van der Waals surface area contributed by atoms with Gasteiger partial charge in [-0.05, 0) is 24.5 Å². The van der Waals surface area contributed by atoms with E-state index in [1.165, 1.54) is 0 Å². The first-order valence-electron chi connectivity index (χ1n) is 10.9. The van der Waals surface area contributed by atoms with Crippen LogP contribution in [0.1, 0.15) is 20.3 Å². The van der Waals surface area contributed by atoms with Crippen LogP contribution in [0.4, 0.5) is 5.69 Å². The van der Waals surface area contributed by atoms with Gasteiger partial charge in [0.2, 0.25) is 0 Å². The predicted molar refractivity (Wildman–Crippen MR) is 119 cm³/mol. The van der Waals surface area contributed by atoms with E-state index in [0.29, 0.717) is 18.5 Å². The minimum atomic E-state index is 0.00138. The average molecular weight is 418 g/mol. The molecule has 1 aromatic carbocycles. The average Bonchev–Trinajstić information content (AvgIpc) is 2.77. The lowest BCUT2D eigenvalue weighted by Crippen LogP contribution is -2.52. The molecule has 1 atom stereocenters. The highest BCUT2D eigenvalue weighted by Crippen LogP contribution is 2.31. The second-order valence-corrected chi connectivity index (χ2v) is 7.99. The molecule has 1 fully saturated rings. The molecule has 1 saturated heterocycles. The van der Waals surface area contributed by atoms with Crippen LogP contribution in [-0.4, -0.2) is 82.4 Å². The number of hydrogen-bond donors (Lipinski definition) is 2. The number of nitrogens with one attached hydrogen (secondary N) is 2. The SMILES string of the molecule is CN=C(NCCCN1C(=O)COc2ccccc21)NCC(C(C)C)N1CCOCC1. The van der Waals surface area contributed by atoms with Crippen molar-refractivity contribution in [3.8, 4) is 5.75 Å². The van der Waals surface area contributed by atoms with E-state index >= 15 is 0 Å². The number of ether oxygens (including phenoxy) is 2. The number of hydrogen-bond acceptors (Lipinski definition) is 5. The number of rotatable bonds is 8. The third-order valence-corrected chi connectivity index (χ3v) is 5.65. The fourth-order valence-corrected chi connectivity index (χ4v) is 3.96. The topological polar surface area (TPSA) is 78.4 Å². The zero-order chi connectivity index (χ0) is 21.3. The van der Waals surface area contributed by atoms with Gasteiger partial charge in [-0.1, -0.05) is 26.0 Å². The first-order valence-corrected chi connectivity index (χ1v) is 10.9. The van der Waals surface area contributed by atoms with Crippen LogP contribution in [0.5, 0.6) is 5.75 Å². The van der Waals surface area contributed by atoms with Gasteiger partial charge in [-0.25, -0.2) is 0 Å². The van der Waals surface area contributed by atoms with E-state index in [-0.39, 0.29) is 12.5 Å². The van der Waals surface area contributed by atoms with E-state index in [0.717, 1.165) is 63.2 Å². The molecule has 0 aliphatic carbocycles. The first kappa shape index (κ1) is 22.4. The van der Waals surface area contributed by atoms with E-state index in [1.54, 1.807) is 7.05 Å². The Labute approximate surface area is 179 Å². The number of nitrogens with zero attached hydrogens (tertiary/aromatic N) is 3. The van der Waals surface area contributed by atoms with Gasteiger partial charge in [0.1, 0.15) is 5.75 Å². The Morgan fingerprint density at radius 1 is 1.20 bits per heavy atom. The second-order valence-electron chi connectivity index (χ2n) is 7.99. The Balaban J connectivity index is 1.44. The second kappa shape index (κ2) is 11.2.